The fourth-order valence-corrected chi connectivity index (χ4v) is 3.35. The highest BCUT2D eigenvalue weighted by atomic mass is 16.6. The molecule has 1 saturated heterocycles. The van der Waals surface area contributed by atoms with Crippen LogP contribution in [0.5, 0.6) is 0 Å². The molecule has 0 saturated carbocycles. The number of piperidine rings is 1. The Balaban J connectivity index is 1.92. The number of carbonyl (C=O) groups excluding carboxylic acids is 1. The molecule has 1 amide bonds. The highest BCUT2D eigenvalue weighted by molar-refractivity contribution is 5.98. The summed E-state index contributed by atoms with van der Waals surface area (Å²) in [5, 5.41) is 28.1. The summed E-state index contributed by atoms with van der Waals surface area (Å²) in [7, 11) is 0. The zero-order valence-corrected chi connectivity index (χ0v) is 14.8. The van der Waals surface area contributed by atoms with Crippen LogP contribution in [0.3, 0.4) is 0 Å². The molecule has 1 aliphatic rings. The average Bonchev–Trinajstić information content (AvgIpc) is 3.07. The van der Waals surface area contributed by atoms with Crippen LogP contribution < -0.4 is 0 Å². The van der Waals surface area contributed by atoms with Gasteiger partial charge in [-0.05, 0) is 25.8 Å². The molecule has 2 heterocycles. The Bertz CT molecular complexity index is 876. The largest absolute Gasteiger partial charge is 0.478 e. The van der Waals surface area contributed by atoms with Crippen molar-refractivity contribution >= 4 is 17.6 Å². The first-order valence-electron chi connectivity index (χ1n) is 8.41. The molecule has 27 heavy (non-hydrogen) atoms. The first-order chi connectivity index (χ1) is 12.8. The maximum Gasteiger partial charge on any atom is 0.335 e. The van der Waals surface area contributed by atoms with Gasteiger partial charge >= 0.3 is 5.97 Å². The molecule has 1 aliphatic heterocycles. The van der Waals surface area contributed by atoms with Crippen molar-refractivity contribution in [1.82, 2.24) is 15.1 Å². The maximum absolute atomic E-state index is 13.0. The maximum atomic E-state index is 13.0. The van der Waals surface area contributed by atoms with Crippen molar-refractivity contribution in [2.45, 2.75) is 38.6 Å². The van der Waals surface area contributed by atoms with Crippen molar-refractivity contribution < 1.29 is 24.0 Å². The second-order valence-electron chi connectivity index (χ2n) is 6.48. The fourth-order valence-electron chi connectivity index (χ4n) is 3.35. The number of nitro groups is 1. The van der Waals surface area contributed by atoms with E-state index in [0.29, 0.717) is 24.7 Å². The summed E-state index contributed by atoms with van der Waals surface area (Å²) in [6.45, 7) is 3.98. The summed E-state index contributed by atoms with van der Waals surface area (Å²) >= 11 is 0. The third-order valence-electron chi connectivity index (χ3n) is 4.73. The van der Waals surface area contributed by atoms with Gasteiger partial charge in [-0.25, -0.2) is 4.79 Å². The van der Waals surface area contributed by atoms with Crippen molar-refractivity contribution in [3.05, 3.63) is 51.2 Å². The summed E-state index contributed by atoms with van der Waals surface area (Å²) in [5.74, 6) is -1.07. The Kier molecular flexibility index (Phi) is 4.89. The number of nitro benzene ring substituents is 1. The van der Waals surface area contributed by atoms with E-state index in [1.807, 2.05) is 6.92 Å². The number of benzene rings is 1. The summed E-state index contributed by atoms with van der Waals surface area (Å²) in [6, 6.07) is 2.91. The first kappa shape index (κ1) is 18.5. The average molecular weight is 374 g/mol. The van der Waals surface area contributed by atoms with Gasteiger partial charge in [-0.2, -0.15) is 0 Å². The van der Waals surface area contributed by atoms with E-state index in [-0.39, 0.29) is 23.1 Å². The van der Waals surface area contributed by atoms with E-state index in [2.05, 4.69) is 10.2 Å². The van der Waals surface area contributed by atoms with Crippen LogP contribution in [0.4, 0.5) is 5.69 Å². The predicted octanol–water partition coefficient (Wildman–Crippen LogP) is 2.39. The summed E-state index contributed by atoms with van der Waals surface area (Å²) in [6.07, 6.45) is 1.46. The molecule has 1 aromatic carbocycles. The van der Waals surface area contributed by atoms with Crippen molar-refractivity contribution in [1.29, 1.82) is 0 Å². The number of rotatable bonds is 4. The molecular weight excluding hydrogens is 356 g/mol. The lowest BCUT2D eigenvalue weighted by Gasteiger charge is -2.38. The number of aromatic nitrogens is 2. The van der Waals surface area contributed by atoms with Gasteiger partial charge in [0.05, 0.1) is 16.4 Å². The number of nitrogens with zero attached hydrogens (tertiary/aromatic N) is 4. The van der Waals surface area contributed by atoms with Crippen LogP contribution in [0.2, 0.25) is 0 Å². The van der Waals surface area contributed by atoms with Crippen molar-refractivity contribution in [2.75, 3.05) is 6.54 Å². The van der Waals surface area contributed by atoms with Crippen LogP contribution in [0, 0.1) is 17.0 Å². The Labute approximate surface area is 153 Å². The molecule has 0 spiro atoms. The predicted molar refractivity (Wildman–Crippen MR) is 91.6 cm³/mol. The number of carboxylic acids is 1. The molecule has 0 radical (unpaired) electrons. The standard InChI is InChI=1S/C17H18N4O6/c1-9-14(15-19-18-10(2)27-15)4-3-5-20(9)16(22)11-6-12(17(23)24)8-13(7-11)21(25)26/h6-9,14H,3-5H2,1-2H3,(H,23,24)/t9-,14-/m1/s1. The van der Waals surface area contributed by atoms with Crippen LogP contribution in [-0.4, -0.2) is 49.6 Å². The molecule has 1 fully saturated rings. The third-order valence-corrected chi connectivity index (χ3v) is 4.73. The molecule has 2 atom stereocenters. The highest BCUT2D eigenvalue weighted by Crippen LogP contribution is 2.33. The molecule has 142 valence electrons. The van der Waals surface area contributed by atoms with Gasteiger partial charge in [0, 0.05) is 37.2 Å². The normalized spacial score (nSPS) is 19.7. The van der Waals surface area contributed by atoms with Gasteiger partial charge in [0.1, 0.15) is 0 Å². The smallest absolute Gasteiger partial charge is 0.335 e. The van der Waals surface area contributed by atoms with Crippen LogP contribution in [-0.2, 0) is 0 Å². The Morgan fingerprint density at radius 3 is 2.59 bits per heavy atom. The minimum atomic E-state index is -1.33. The van der Waals surface area contributed by atoms with Crippen LogP contribution in [0.1, 0.15) is 58.2 Å². The van der Waals surface area contributed by atoms with Crippen molar-refractivity contribution in [2.24, 2.45) is 0 Å². The SMILES string of the molecule is Cc1nnc([C@@H]2CCCN(C(=O)c3cc(C(=O)O)cc([N+](=O)[O-])c3)[C@@H]2C)o1. The van der Waals surface area contributed by atoms with E-state index in [4.69, 9.17) is 4.42 Å². The summed E-state index contributed by atoms with van der Waals surface area (Å²) in [5.41, 5.74) is -0.774. The molecule has 0 aliphatic carbocycles. The van der Waals surface area contributed by atoms with Crippen LogP contribution >= 0.6 is 0 Å². The number of aromatic carboxylic acids is 1. The Hall–Kier alpha value is -3.30. The Morgan fingerprint density at radius 2 is 2.00 bits per heavy atom. The molecule has 10 heteroatoms. The topological polar surface area (TPSA) is 140 Å². The van der Waals surface area contributed by atoms with Crippen LogP contribution in [0.25, 0.3) is 0 Å². The number of hydrogen-bond donors (Lipinski definition) is 1. The molecule has 3 rings (SSSR count). The van der Waals surface area contributed by atoms with Crippen molar-refractivity contribution in [3.63, 3.8) is 0 Å². The lowest BCUT2D eigenvalue weighted by Crippen LogP contribution is -2.46. The second kappa shape index (κ2) is 7.14. The lowest BCUT2D eigenvalue weighted by atomic mass is 9.89. The molecule has 0 bridgehead atoms. The number of amides is 1. The zero-order valence-electron chi connectivity index (χ0n) is 14.8. The minimum absolute atomic E-state index is 0.0317. The van der Waals surface area contributed by atoms with Gasteiger partial charge in [-0.1, -0.05) is 0 Å². The Morgan fingerprint density at radius 1 is 1.30 bits per heavy atom. The molecule has 1 N–H and O–H groups in total. The van der Waals surface area contributed by atoms with E-state index in [1.54, 1.807) is 11.8 Å². The van der Waals surface area contributed by atoms with Gasteiger partial charge in [0.15, 0.2) is 0 Å². The lowest BCUT2D eigenvalue weighted by molar-refractivity contribution is -0.384. The molecule has 2 aromatic rings. The number of non-ortho nitro benzene ring substituents is 1. The number of carbonyl (C=O) groups is 2. The summed E-state index contributed by atoms with van der Waals surface area (Å²) in [4.78, 5) is 36.2. The highest BCUT2D eigenvalue weighted by Gasteiger charge is 2.36. The van der Waals surface area contributed by atoms with Crippen LogP contribution in [0.15, 0.2) is 22.6 Å². The van der Waals surface area contributed by atoms with Crippen molar-refractivity contribution in [3.8, 4) is 0 Å². The minimum Gasteiger partial charge on any atom is -0.478 e. The van der Waals surface area contributed by atoms with E-state index >= 15 is 0 Å². The fraction of sp³-hybridized carbons (Fsp3) is 0.412. The quantitative estimate of drug-likeness (QED) is 0.635. The molecule has 10 nitrogen and oxygen atoms in total. The monoisotopic (exact) mass is 374 g/mol. The second-order valence-corrected chi connectivity index (χ2v) is 6.48. The number of aryl methyl sites for hydroxylation is 1. The van der Waals surface area contributed by atoms with Gasteiger partial charge in [0.2, 0.25) is 11.8 Å². The van der Waals surface area contributed by atoms with Gasteiger partial charge < -0.3 is 14.4 Å². The van der Waals surface area contributed by atoms with E-state index in [9.17, 15) is 24.8 Å². The zero-order chi connectivity index (χ0) is 19.7. The number of carboxylic acid groups (broad SMARTS) is 1. The molecule has 0 unspecified atom stereocenters. The van der Waals surface area contributed by atoms with E-state index < -0.39 is 22.5 Å². The number of hydrogen-bond acceptors (Lipinski definition) is 7. The number of likely N-dealkylation sites (tertiary alicyclic amines) is 1. The van der Waals surface area contributed by atoms with E-state index in [1.165, 1.54) is 0 Å². The van der Waals surface area contributed by atoms with E-state index in [0.717, 1.165) is 24.6 Å². The first-order valence-corrected chi connectivity index (χ1v) is 8.41. The third kappa shape index (κ3) is 3.64. The summed E-state index contributed by atoms with van der Waals surface area (Å²) < 4.78 is 5.50. The van der Waals surface area contributed by atoms with Gasteiger partial charge in [-0.3, -0.25) is 14.9 Å². The molecular formula is C17H18N4O6. The van der Waals surface area contributed by atoms with Gasteiger partial charge in [0.25, 0.3) is 11.6 Å². The van der Waals surface area contributed by atoms with Gasteiger partial charge in [-0.15, -0.1) is 10.2 Å². The molecule has 1 aromatic heterocycles.